The summed E-state index contributed by atoms with van der Waals surface area (Å²) in [6.45, 7) is 8.10. The lowest BCUT2D eigenvalue weighted by Crippen LogP contribution is -2.47. The van der Waals surface area contributed by atoms with Crippen LogP contribution in [0.25, 0.3) is 0 Å². The van der Waals surface area contributed by atoms with Gasteiger partial charge in [0, 0.05) is 12.5 Å². The standard InChI is InChI=1S/C15H22N2O4/c1-10-7-6-8-13(12(10)9-18)17(11(2)19)16-14(20)21-15(3,4)5/h6-8,18H,9H2,1-5H3,(H,16,20). The van der Waals surface area contributed by atoms with Crippen LogP contribution in [0.1, 0.15) is 38.8 Å². The van der Waals surface area contributed by atoms with Crippen LogP contribution in [-0.4, -0.2) is 22.7 Å². The van der Waals surface area contributed by atoms with E-state index in [1.807, 2.05) is 13.0 Å². The fourth-order valence-electron chi connectivity index (χ4n) is 1.80. The Bertz CT molecular complexity index is 535. The van der Waals surface area contributed by atoms with E-state index >= 15 is 0 Å². The molecular weight excluding hydrogens is 272 g/mol. The van der Waals surface area contributed by atoms with Gasteiger partial charge in [-0.2, -0.15) is 0 Å². The SMILES string of the molecule is CC(=O)N(NC(=O)OC(C)(C)C)c1cccc(C)c1CO. The van der Waals surface area contributed by atoms with Crippen LogP contribution >= 0.6 is 0 Å². The number of hydrazine groups is 1. The number of aryl methyl sites for hydroxylation is 1. The number of amides is 2. The minimum Gasteiger partial charge on any atom is -0.443 e. The van der Waals surface area contributed by atoms with Crippen LogP contribution in [0.15, 0.2) is 18.2 Å². The highest BCUT2D eigenvalue weighted by atomic mass is 16.6. The molecule has 1 aromatic carbocycles. The second-order valence-electron chi connectivity index (χ2n) is 5.70. The van der Waals surface area contributed by atoms with E-state index < -0.39 is 11.7 Å². The Balaban J connectivity index is 3.06. The first kappa shape index (κ1) is 17.0. The van der Waals surface area contributed by atoms with Gasteiger partial charge in [-0.05, 0) is 39.3 Å². The summed E-state index contributed by atoms with van der Waals surface area (Å²) in [5.74, 6) is -0.388. The highest BCUT2D eigenvalue weighted by molar-refractivity contribution is 5.94. The van der Waals surface area contributed by atoms with E-state index in [9.17, 15) is 14.7 Å². The van der Waals surface area contributed by atoms with Crippen molar-refractivity contribution >= 4 is 17.7 Å². The van der Waals surface area contributed by atoms with Crippen LogP contribution in [0.5, 0.6) is 0 Å². The average molecular weight is 294 g/mol. The van der Waals surface area contributed by atoms with Gasteiger partial charge in [-0.25, -0.2) is 15.2 Å². The van der Waals surface area contributed by atoms with E-state index in [2.05, 4.69) is 5.43 Å². The number of aliphatic hydroxyl groups is 1. The Morgan fingerprint density at radius 3 is 2.43 bits per heavy atom. The minimum atomic E-state index is -0.733. The molecule has 0 aliphatic rings. The molecule has 1 rings (SSSR count). The van der Waals surface area contributed by atoms with Crippen LogP contribution in [0.3, 0.4) is 0 Å². The first-order valence-corrected chi connectivity index (χ1v) is 6.65. The lowest BCUT2D eigenvalue weighted by Gasteiger charge is -2.27. The van der Waals surface area contributed by atoms with E-state index in [-0.39, 0.29) is 12.5 Å². The van der Waals surface area contributed by atoms with Gasteiger partial charge in [-0.15, -0.1) is 0 Å². The van der Waals surface area contributed by atoms with Crippen LogP contribution in [-0.2, 0) is 16.1 Å². The van der Waals surface area contributed by atoms with Gasteiger partial charge in [0.05, 0.1) is 12.3 Å². The first-order chi connectivity index (χ1) is 9.65. The molecule has 2 N–H and O–H groups in total. The Hall–Kier alpha value is -2.08. The van der Waals surface area contributed by atoms with Gasteiger partial charge in [0.2, 0.25) is 5.91 Å². The van der Waals surface area contributed by atoms with Gasteiger partial charge >= 0.3 is 6.09 Å². The number of ether oxygens (including phenoxy) is 1. The smallest absolute Gasteiger partial charge is 0.427 e. The molecule has 0 aliphatic heterocycles. The third-order valence-corrected chi connectivity index (χ3v) is 2.70. The Kier molecular flexibility index (Phi) is 5.32. The highest BCUT2D eigenvalue weighted by Gasteiger charge is 2.22. The third kappa shape index (κ3) is 4.75. The summed E-state index contributed by atoms with van der Waals surface area (Å²) in [7, 11) is 0. The molecule has 21 heavy (non-hydrogen) atoms. The van der Waals surface area contributed by atoms with Crippen molar-refractivity contribution in [1.29, 1.82) is 0 Å². The Morgan fingerprint density at radius 1 is 1.33 bits per heavy atom. The summed E-state index contributed by atoms with van der Waals surface area (Å²) in [5.41, 5.74) is 3.56. The molecule has 0 bridgehead atoms. The van der Waals surface area contributed by atoms with Crippen molar-refractivity contribution in [2.45, 2.75) is 46.8 Å². The number of carbonyl (C=O) groups is 2. The second kappa shape index (κ2) is 6.58. The largest absolute Gasteiger partial charge is 0.443 e. The number of carbonyl (C=O) groups excluding carboxylic acids is 2. The molecule has 6 nitrogen and oxygen atoms in total. The molecule has 6 heteroatoms. The fraction of sp³-hybridized carbons (Fsp3) is 0.467. The van der Waals surface area contributed by atoms with E-state index in [1.165, 1.54) is 6.92 Å². The number of anilines is 1. The topological polar surface area (TPSA) is 78.9 Å². The molecule has 2 amide bonds. The predicted molar refractivity (Wildman–Crippen MR) is 79.6 cm³/mol. The van der Waals surface area contributed by atoms with Crippen LogP contribution in [0.4, 0.5) is 10.5 Å². The molecule has 0 unspecified atom stereocenters. The number of nitrogens with one attached hydrogen (secondary N) is 1. The van der Waals surface area contributed by atoms with Gasteiger partial charge in [0.15, 0.2) is 0 Å². The average Bonchev–Trinajstić information content (AvgIpc) is 2.33. The van der Waals surface area contributed by atoms with Crippen LogP contribution in [0.2, 0.25) is 0 Å². The van der Waals surface area contributed by atoms with Crippen LogP contribution < -0.4 is 10.4 Å². The van der Waals surface area contributed by atoms with E-state index in [0.29, 0.717) is 11.3 Å². The molecule has 0 atom stereocenters. The lowest BCUT2D eigenvalue weighted by atomic mass is 10.1. The summed E-state index contributed by atoms with van der Waals surface area (Å²) in [5, 5.41) is 10.5. The second-order valence-corrected chi connectivity index (χ2v) is 5.70. The van der Waals surface area contributed by atoms with Crippen molar-refractivity contribution in [3.63, 3.8) is 0 Å². The van der Waals surface area contributed by atoms with E-state index in [0.717, 1.165) is 10.6 Å². The highest BCUT2D eigenvalue weighted by Crippen LogP contribution is 2.23. The van der Waals surface area contributed by atoms with Crippen molar-refractivity contribution in [3.8, 4) is 0 Å². The molecule has 0 saturated carbocycles. The summed E-state index contributed by atoms with van der Waals surface area (Å²) >= 11 is 0. The van der Waals surface area contributed by atoms with E-state index in [4.69, 9.17) is 4.74 Å². The zero-order valence-corrected chi connectivity index (χ0v) is 13.1. The normalized spacial score (nSPS) is 11.0. The maximum Gasteiger partial charge on any atom is 0.427 e. The van der Waals surface area contributed by atoms with Gasteiger partial charge in [0.25, 0.3) is 0 Å². The molecule has 116 valence electrons. The van der Waals surface area contributed by atoms with Crippen molar-refractivity contribution in [2.75, 3.05) is 5.01 Å². The summed E-state index contributed by atoms with van der Waals surface area (Å²) < 4.78 is 5.14. The van der Waals surface area contributed by atoms with E-state index in [1.54, 1.807) is 32.9 Å². The number of hydrogen-bond donors (Lipinski definition) is 2. The van der Waals surface area contributed by atoms with Crippen molar-refractivity contribution in [1.82, 2.24) is 5.43 Å². The molecular formula is C15H22N2O4. The molecule has 0 saturated heterocycles. The Morgan fingerprint density at radius 2 is 1.95 bits per heavy atom. The lowest BCUT2D eigenvalue weighted by molar-refractivity contribution is -0.117. The minimum absolute atomic E-state index is 0.234. The van der Waals surface area contributed by atoms with Crippen LogP contribution in [0, 0.1) is 6.92 Å². The molecule has 0 radical (unpaired) electrons. The zero-order valence-electron chi connectivity index (χ0n) is 13.1. The predicted octanol–water partition coefficient (Wildman–Crippen LogP) is 2.28. The molecule has 0 spiro atoms. The quantitative estimate of drug-likeness (QED) is 0.820. The van der Waals surface area contributed by atoms with Crippen molar-refractivity contribution in [2.24, 2.45) is 0 Å². The molecule has 0 heterocycles. The first-order valence-electron chi connectivity index (χ1n) is 6.65. The third-order valence-electron chi connectivity index (χ3n) is 2.70. The maximum atomic E-state index is 11.8. The Labute approximate surface area is 124 Å². The molecule has 0 fully saturated rings. The number of benzene rings is 1. The monoisotopic (exact) mass is 294 g/mol. The number of rotatable bonds is 2. The summed E-state index contributed by atoms with van der Waals surface area (Å²) in [6.07, 6.45) is -0.733. The number of hydrogen-bond acceptors (Lipinski definition) is 4. The van der Waals surface area contributed by atoms with Gasteiger partial charge in [-0.3, -0.25) is 4.79 Å². The van der Waals surface area contributed by atoms with Crippen molar-refractivity contribution < 1.29 is 19.4 Å². The zero-order chi connectivity index (χ0) is 16.2. The molecule has 0 aromatic heterocycles. The molecule has 1 aromatic rings. The van der Waals surface area contributed by atoms with Gasteiger partial charge in [-0.1, -0.05) is 12.1 Å². The number of nitrogens with zero attached hydrogens (tertiary/aromatic N) is 1. The number of aliphatic hydroxyl groups excluding tert-OH is 1. The maximum absolute atomic E-state index is 11.8. The van der Waals surface area contributed by atoms with Crippen molar-refractivity contribution in [3.05, 3.63) is 29.3 Å². The summed E-state index contributed by atoms with van der Waals surface area (Å²) in [6, 6.07) is 5.22. The fourth-order valence-corrected chi connectivity index (χ4v) is 1.80. The van der Waals surface area contributed by atoms with Gasteiger partial charge in [0.1, 0.15) is 5.60 Å². The summed E-state index contributed by atoms with van der Waals surface area (Å²) in [4.78, 5) is 23.6. The molecule has 0 aliphatic carbocycles. The van der Waals surface area contributed by atoms with Gasteiger partial charge < -0.3 is 9.84 Å².